The van der Waals surface area contributed by atoms with Crippen molar-refractivity contribution in [2.45, 2.75) is 23.5 Å². The highest BCUT2D eigenvalue weighted by Crippen LogP contribution is 2.38. The van der Waals surface area contributed by atoms with Crippen LogP contribution < -0.4 is 4.90 Å². The first-order chi connectivity index (χ1) is 11.7. The molecule has 3 heterocycles. The molecule has 1 atom stereocenters. The van der Waals surface area contributed by atoms with Gasteiger partial charge < -0.3 is 9.80 Å². The Labute approximate surface area is 146 Å². The molecule has 2 aliphatic heterocycles. The Hall–Kier alpha value is -2.08. The summed E-state index contributed by atoms with van der Waals surface area (Å²) in [6, 6.07) is 6.49. The lowest BCUT2D eigenvalue weighted by molar-refractivity contribution is -0.130. The lowest BCUT2D eigenvalue weighted by Gasteiger charge is -2.36. The molecule has 1 aromatic carbocycles. The SMILES string of the molecule is Cc1ccc2c(c1)SC(C(=O)N1CCN(c3cnccn3)CC1)C2. The normalized spacial score (nSPS) is 20.1. The van der Waals surface area contributed by atoms with Crippen molar-refractivity contribution in [2.24, 2.45) is 0 Å². The number of piperazine rings is 1. The Bertz CT molecular complexity index is 744. The largest absolute Gasteiger partial charge is 0.352 e. The van der Waals surface area contributed by atoms with Gasteiger partial charge in [0.05, 0.1) is 11.4 Å². The summed E-state index contributed by atoms with van der Waals surface area (Å²) in [5.74, 6) is 1.16. The highest BCUT2D eigenvalue weighted by atomic mass is 32.2. The summed E-state index contributed by atoms with van der Waals surface area (Å²) in [5, 5.41) is 0.0323. The van der Waals surface area contributed by atoms with Gasteiger partial charge in [0, 0.05) is 43.5 Å². The van der Waals surface area contributed by atoms with E-state index in [1.165, 1.54) is 16.0 Å². The van der Waals surface area contributed by atoms with Gasteiger partial charge in [0.2, 0.25) is 5.91 Å². The molecule has 1 amide bonds. The van der Waals surface area contributed by atoms with Gasteiger partial charge in [-0.3, -0.25) is 9.78 Å². The van der Waals surface area contributed by atoms with Crippen molar-refractivity contribution in [3.8, 4) is 0 Å². The van der Waals surface area contributed by atoms with Crippen LogP contribution in [0.25, 0.3) is 0 Å². The molecule has 0 bridgehead atoms. The lowest BCUT2D eigenvalue weighted by Crippen LogP contribution is -2.51. The van der Waals surface area contributed by atoms with Crippen molar-refractivity contribution in [2.75, 3.05) is 31.1 Å². The third-order valence-corrected chi connectivity index (χ3v) is 5.92. The maximum absolute atomic E-state index is 12.9. The summed E-state index contributed by atoms with van der Waals surface area (Å²) in [5.41, 5.74) is 2.56. The molecule has 1 unspecified atom stereocenters. The number of benzene rings is 1. The van der Waals surface area contributed by atoms with Crippen molar-refractivity contribution in [1.82, 2.24) is 14.9 Å². The van der Waals surface area contributed by atoms with Crippen LogP contribution in [0, 0.1) is 6.92 Å². The van der Waals surface area contributed by atoms with E-state index >= 15 is 0 Å². The van der Waals surface area contributed by atoms with Gasteiger partial charge in [0.25, 0.3) is 0 Å². The molecule has 2 aliphatic rings. The van der Waals surface area contributed by atoms with Crippen molar-refractivity contribution < 1.29 is 4.79 Å². The van der Waals surface area contributed by atoms with Gasteiger partial charge in [-0.15, -0.1) is 11.8 Å². The molecule has 6 heteroatoms. The van der Waals surface area contributed by atoms with E-state index in [0.29, 0.717) is 0 Å². The zero-order valence-corrected chi connectivity index (χ0v) is 14.5. The van der Waals surface area contributed by atoms with Gasteiger partial charge in [-0.2, -0.15) is 0 Å². The molecule has 1 saturated heterocycles. The number of carbonyl (C=O) groups is 1. The summed E-state index contributed by atoms with van der Waals surface area (Å²) in [7, 11) is 0. The highest BCUT2D eigenvalue weighted by Gasteiger charge is 2.33. The van der Waals surface area contributed by atoms with Crippen LogP contribution in [-0.2, 0) is 11.2 Å². The fourth-order valence-corrected chi connectivity index (χ4v) is 4.66. The molecular formula is C18H20N4OS. The molecule has 4 rings (SSSR count). The number of carbonyl (C=O) groups excluding carboxylic acids is 1. The molecule has 0 N–H and O–H groups in total. The Balaban J connectivity index is 1.37. The zero-order valence-electron chi connectivity index (χ0n) is 13.7. The lowest BCUT2D eigenvalue weighted by atomic mass is 10.1. The molecule has 24 heavy (non-hydrogen) atoms. The standard InChI is InChI=1S/C18H20N4OS/c1-13-2-3-14-11-16(24-15(14)10-13)18(23)22-8-6-21(7-9-22)17-12-19-4-5-20-17/h2-5,10,12,16H,6-9,11H2,1H3. The van der Waals surface area contributed by atoms with Gasteiger partial charge >= 0.3 is 0 Å². The second-order valence-corrected chi connectivity index (χ2v) is 7.54. The Kier molecular flexibility index (Phi) is 4.14. The Morgan fingerprint density at radius 2 is 2.04 bits per heavy atom. The number of rotatable bonds is 2. The summed E-state index contributed by atoms with van der Waals surface area (Å²) in [6.45, 7) is 5.23. The van der Waals surface area contributed by atoms with Crippen molar-refractivity contribution in [1.29, 1.82) is 0 Å². The van der Waals surface area contributed by atoms with E-state index < -0.39 is 0 Å². The molecule has 2 aromatic rings. The van der Waals surface area contributed by atoms with E-state index in [1.807, 2.05) is 4.90 Å². The molecule has 1 aromatic heterocycles. The van der Waals surface area contributed by atoms with E-state index in [1.54, 1.807) is 30.4 Å². The summed E-state index contributed by atoms with van der Waals surface area (Å²) in [6.07, 6.45) is 6.02. The number of amides is 1. The van der Waals surface area contributed by atoms with E-state index in [4.69, 9.17) is 0 Å². The zero-order chi connectivity index (χ0) is 16.5. The summed E-state index contributed by atoms with van der Waals surface area (Å²) in [4.78, 5) is 26.8. The number of anilines is 1. The predicted octanol–water partition coefficient (Wildman–Crippen LogP) is 2.15. The van der Waals surface area contributed by atoms with Crippen molar-refractivity contribution in [3.63, 3.8) is 0 Å². The van der Waals surface area contributed by atoms with Crippen LogP contribution in [0.3, 0.4) is 0 Å². The summed E-state index contributed by atoms with van der Waals surface area (Å²) >= 11 is 1.72. The Morgan fingerprint density at radius 3 is 2.79 bits per heavy atom. The number of hydrogen-bond donors (Lipinski definition) is 0. The molecule has 1 fully saturated rings. The second kappa shape index (κ2) is 6.43. The highest BCUT2D eigenvalue weighted by molar-refractivity contribution is 8.01. The van der Waals surface area contributed by atoms with Gasteiger partial charge in [0.1, 0.15) is 5.82 Å². The first-order valence-electron chi connectivity index (χ1n) is 8.26. The van der Waals surface area contributed by atoms with Gasteiger partial charge in [-0.25, -0.2) is 4.98 Å². The maximum Gasteiger partial charge on any atom is 0.236 e. The quantitative estimate of drug-likeness (QED) is 0.838. The fourth-order valence-electron chi connectivity index (χ4n) is 3.29. The van der Waals surface area contributed by atoms with Gasteiger partial charge in [-0.1, -0.05) is 17.7 Å². The molecular weight excluding hydrogens is 320 g/mol. The topological polar surface area (TPSA) is 49.3 Å². The number of hydrogen-bond acceptors (Lipinski definition) is 5. The average molecular weight is 340 g/mol. The monoisotopic (exact) mass is 340 g/mol. The molecule has 0 radical (unpaired) electrons. The van der Waals surface area contributed by atoms with Crippen LogP contribution in [0.15, 0.2) is 41.7 Å². The van der Waals surface area contributed by atoms with Crippen LogP contribution in [0.2, 0.25) is 0 Å². The average Bonchev–Trinajstić information content (AvgIpc) is 3.05. The van der Waals surface area contributed by atoms with Crippen LogP contribution >= 0.6 is 11.8 Å². The molecule has 0 saturated carbocycles. The van der Waals surface area contributed by atoms with Crippen LogP contribution in [0.5, 0.6) is 0 Å². The number of aryl methyl sites for hydroxylation is 1. The maximum atomic E-state index is 12.9. The first-order valence-corrected chi connectivity index (χ1v) is 9.14. The molecule has 5 nitrogen and oxygen atoms in total. The van der Waals surface area contributed by atoms with E-state index in [0.717, 1.165) is 38.4 Å². The minimum absolute atomic E-state index is 0.0323. The molecule has 124 valence electrons. The number of aromatic nitrogens is 2. The Morgan fingerprint density at radius 1 is 1.21 bits per heavy atom. The van der Waals surface area contributed by atoms with E-state index in [9.17, 15) is 4.79 Å². The number of thioether (sulfide) groups is 1. The summed E-state index contributed by atoms with van der Waals surface area (Å²) < 4.78 is 0. The minimum Gasteiger partial charge on any atom is -0.352 e. The second-order valence-electron chi connectivity index (χ2n) is 6.30. The third kappa shape index (κ3) is 2.98. The predicted molar refractivity (Wildman–Crippen MR) is 95.4 cm³/mol. The van der Waals surface area contributed by atoms with Crippen molar-refractivity contribution >= 4 is 23.5 Å². The fraction of sp³-hybridized carbons (Fsp3) is 0.389. The van der Waals surface area contributed by atoms with E-state index in [-0.39, 0.29) is 11.2 Å². The van der Waals surface area contributed by atoms with Gasteiger partial charge in [-0.05, 0) is 25.0 Å². The van der Waals surface area contributed by atoms with Crippen LogP contribution in [-0.4, -0.2) is 52.2 Å². The number of nitrogens with zero attached hydrogens (tertiary/aromatic N) is 4. The van der Waals surface area contributed by atoms with E-state index in [2.05, 4.69) is 40.0 Å². The molecule has 0 spiro atoms. The number of fused-ring (bicyclic) bond motifs is 1. The first kappa shape index (κ1) is 15.4. The van der Waals surface area contributed by atoms with Gasteiger partial charge in [0.15, 0.2) is 0 Å². The third-order valence-electron chi connectivity index (χ3n) is 4.64. The van der Waals surface area contributed by atoms with Crippen LogP contribution in [0.4, 0.5) is 5.82 Å². The smallest absolute Gasteiger partial charge is 0.236 e. The van der Waals surface area contributed by atoms with Crippen molar-refractivity contribution in [3.05, 3.63) is 47.9 Å². The van der Waals surface area contributed by atoms with Crippen LogP contribution in [0.1, 0.15) is 11.1 Å². The molecule has 0 aliphatic carbocycles. The minimum atomic E-state index is 0.0323.